The van der Waals surface area contributed by atoms with Crippen molar-refractivity contribution in [2.75, 3.05) is 18.9 Å². The second kappa shape index (κ2) is 7.65. The second-order valence-electron chi connectivity index (χ2n) is 7.32. The van der Waals surface area contributed by atoms with Crippen molar-refractivity contribution in [1.82, 2.24) is 9.62 Å². The highest BCUT2D eigenvalue weighted by atomic mass is 32.2. The Balaban J connectivity index is 2.21. The molecule has 0 aliphatic carbocycles. The molecule has 0 spiro atoms. The lowest BCUT2D eigenvalue weighted by Crippen LogP contribution is -2.41. The number of urea groups is 1. The van der Waals surface area contributed by atoms with Gasteiger partial charge in [-0.05, 0) is 23.0 Å². The molecule has 1 fully saturated rings. The van der Waals surface area contributed by atoms with Crippen LogP contribution in [0.3, 0.4) is 0 Å². The van der Waals surface area contributed by atoms with Gasteiger partial charge < -0.3 is 10.2 Å². The van der Waals surface area contributed by atoms with Crippen LogP contribution >= 0.6 is 0 Å². The highest BCUT2D eigenvalue weighted by Crippen LogP contribution is 2.32. The zero-order chi connectivity index (χ0) is 19.6. The molecule has 3 amide bonds. The van der Waals surface area contributed by atoms with Crippen LogP contribution in [0.5, 0.6) is 0 Å². The first-order valence-corrected chi connectivity index (χ1v) is 10.3. The smallest absolute Gasteiger partial charge is 0.332 e. The summed E-state index contributed by atoms with van der Waals surface area (Å²) in [7, 11) is -2.39. The molecular weight excluding hydrogens is 354 g/mol. The number of carbonyl (C=O) groups excluding carboxylic acids is 2. The maximum atomic E-state index is 12.4. The fourth-order valence-electron chi connectivity index (χ4n) is 3.08. The molecule has 1 aliphatic heterocycles. The Kier molecular flexibility index (Phi) is 5.95. The summed E-state index contributed by atoms with van der Waals surface area (Å²) in [6.45, 7) is 8.14. The third kappa shape index (κ3) is 4.35. The van der Waals surface area contributed by atoms with Crippen LogP contribution in [-0.4, -0.2) is 44.1 Å². The monoisotopic (exact) mass is 381 g/mol. The van der Waals surface area contributed by atoms with Gasteiger partial charge in [0.25, 0.3) is 0 Å². The van der Waals surface area contributed by atoms with Gasteiger partial charge in [-0.25, -0.2) is 17.9 Å². The molecule has 1 heterocycles. The summed E-state index contributed by atoms with van der Waals surface area (Å²) in [5.74, 6) is 0.0939. The molecule has 144 valence electrons. The van der Waals surface area contributed by atoms with E-state index in [1.807, 2.05) is 45.9 Å². The van der Waals surface area contributed by atoms with Crippen molar-refractivity contribution in [2.45, 2.75) is 51.2 Å². The summed E-state index contributed by atoms with van der Waals surface area (Å²) >= 11 is 0. The number of rotatable bonds is 5. The van der Waals surface area contributed by atoms with Gasteiger partial charge in [0.2, 0.25) is 15.9 Å². The molecule has 0 bridgehead atoms. The summed E-state index contributed by atoms with van der Waals surface area (Å²) in [6, 6.07) is 4.98. The van der Waals surface area contributed by atoms with Crippen molar-refractivity contribution in [3.8, 4) is 0 Å². The molecule has 1 aromatic rings. The van der Waals surface area contributed by atoms with E-state index < -0.39 is 21.3 Å². The molecule has 7 nitrogen and oxygen atoms in total. The van der Waals surface area contributed by atoms with Crippen LogP contribution in [0.2, 0.25) is 0 Å². The minimum absolute atomic E-state index is 0.0846. The van der Waals surface area contributed by atoms with Crippen molar-refractivity contribution < 1.29 is 18.0 Å². The average Bonchev–Trinajstić information content (AvgIpc) is 2.86. The Bertz CT molecular complexity index is 776. The first kappa shape index (κ1) is 20.2. The van der Waals surface area contributed by atoms with Crippen molar-refractivity contribution >= 4 is 27.6 Å². The number of anilines is 1. The molecule has 1 aliphatic rings. The molecule has 0 aromatic heterocycles. The largest absolute Gasteiger partial charge is 0.344 e. The van der Waals surface area contributed by atoms with E-state index in [4.69, 9.17) is 0 Å². The number of hydrogen-bond donors (Lipinski definition) is 2. The van der Waals surface area contributed by atoms with Crippen molar-refractivity contribution in [3.63, 3.8) is 0 Å². The molecular formula is C18H27N3O4S. The molecule has 1 unspecified atom stereocenters. The summed E-state index contributed by atoms with van der Waals surface area (Å²) in [4.78, 5) is 25.3. The van der Waals surface area contributed by atoms with E-state index in [-0.39, 0.29) is 30.7 Å². The maximum Gasteiger partial charge on any atom is 0.332 e. The first-order valence-electron chi connectivity index (χ1n) is 8.72. The van der Waals surface area contributed by atoms with Crippen LogP contribution in [0.15, 0.2) is 18.2 Å². The minimum atomic E-state index is -3.94. The topological polar surface area (TPSA) is 95.6 Å². The van der Waals surface area contributed by atoms with Gasteiger partial charge in [0.15, 0.2) is 0 Å². The fraction of sp³-hybridized carbons (Fsp3) is 0.556. The molecule has 1 aromatic carbocycles. The summed E-state index contributed by atoms with van der Waals surface area (Å²) in [5.41, 5.74) is 2.53. The summed E-state index contributed by atoms with van der Waals surface area (Å²) in [6.07, 6.45) is -0.112. The van der Waals surface area contributed by atoms with Crippen molar-refractivity contribution in [1.29, 1.82) is 0 Å². The predicted octanol–water partition coefficient (Wildman–Crippen LogP) is 2.62. The lowest BCUT2D eigenvalue weighted by atomic mass is 9.93. The maximum absolute atomic E-state index is 12.4. The molecule has 0 radical (unpaired) electrons. The van der Waals surface area contributed by atoms with E-state index in [0.717, 1.165) is 11.1 Å². The van der Waals surface area contributed by atoms with Gasteiger partial charge in [0.1, 0.15) is 5.25 Å². The van der Waals surface area contributed by atoms with Gasteiger partial charge in [-0.1, -0.05) is 45.9 Å². The van der Waals surface area contributed by atoms with E-state index in [1.54, 1.807) is 7.05 Å². The third-order valence-corrected chi connectivity index (χ3v) is 6.25. The number of nitrogens with zero attached hydrogens (tertiary/aromatic N) is 1. The molecule has 8 heteroatoms. The van der Waals surface area contributed by atoms with E-state index in [2.05, 4.69) is 10.0 Å². The third-order valence-electron chi connectivity index (χ3n) is 4.59. The van der Waals surface area contributed by atoms with Crippen LogP contribution in [0.1, 0.15) is 57.1 Å². The molecule has 26 heavy (non-hydrogen) atoms. The fourth-order valence-corrected chi connectivity index (χ4v) is 4.34. The van der Waals surface area contributed by atoms with Gasteiger partial charge in [0, 0.05) is 25.7 Å². The van der Waals surface area contributed by atoms with E-state index >= 15 is 0 Å². The van der Waals surface area contributed by atoms with Crippen molar-refractivity contribution in [2.24, 2.45) is 0 Å². The van der Waals surface area contributed by atoms with Gasteiger partial charge in [-0.15, -0.1) is 0 Å². The SMILES string of the molecule is CC(C)c1cccc(C(C)C)c1NC(=O)NS(=O)(=O)C1CC(=O)N(C)C1. The van der Waals surface area contributed by atoms with Gasteiger partial charge in [-0.2, -0.15) is 0 Å². The highest BCUT2D eigenvalue weighted by molar-refractivity contribution is 7.90. The van der Waals surface area contributed by atoms with Gasteiger partial charge >= 0.3 is 6.03 Å². The van der Waals surface area contributed by atoms with Gasteiger partial charge in [0.05, 0.1) is 0 Å². The average molecular weight is 381 g/mol. The number of amides is 3. The number of sulfonamides is 1. The molecule has 1 saturated heterocycles. The second-order valence-corrected chi connectivity index (χ2v) is 9.28. The molecule has 2 rings (SSSR count). The Morgan fingerprint density at radius 2 is 1.69 bits per heavy atom. The zero-order valence-electron chi connectivity index (χ0n) is 15.9. The number of hydrogen-bond acceptors (Lipinski definition) is 4. The summed E-state index contributed by atoms with van der Waals surface area (Å²) < 4.78 is 26.9. The molecule has 2 N–H and O–H groups in total. The summed E-state index contributed by atoms with van der Waals surface area (Å²) in [5, 5.41) is 1.80. The standard InChI is InChI=1S/C18H27N3O4S/c1-11(2)14-7-6-8-15(12(3)4)17(14)19-18(23)20-26(24,25)13-9-16(22)21(5)10-13/h6-8,11-13H,9-10H2,1-5H3,(H2,19,20,23). The molecule has 0 saturated carbocycles. The first-order chi connectivity index (χ1) is 12.0. The lowest BCUT2D eigenvalue weighted by Gasteiger charge is -2.21. The quantitative estimate of drug-likeness (QED) is 0.819. The van der Waals surface area contributed by atoms with Gasteiger partial charge in [-0.3, -0.25) is 4.79 Å². The predicted molar refractivity (Wildman–Crippen MR) is 102 cm³/mol. The Morgan fingerprint density at radius 1 is 1.15 bits per heavy atom. The highest BCUT2D eigenvalue weighted by Gasteiger charge is 2.37. The lowest BCUT2D eigenvalue weighted by molar-refractivity contribution is -0.126. The van der Waals surface area contributed by atoms with Crippen LogP contribution in [-0.2, 0) is 14.8 Å². The molecule has 1 atom stereocenters. The van der Waals surface area contributed by atoms with E-state index in [1.165, 1.54) is 4.90 Å². The number of para-hydroxylation sites is 1. The van der Waals surface area contributed by atoms with Crippen LogP contribution < -0.4 is 10.0 Å². The van der Waals surface area contributed by atoms with Crippen LogP contribution in [0.25, 0.3) is 0 Å². The number of likely N-dealkylation sites (tertiary alicyclic amines) is 1. The normalized spacial score (nSPS) is 17.9. The number of benzene rings is 1. The van der Waals surface area contributed by atoms with Crippen molar-refractivity contribution in [3.05, 3.63) is 29.3 Å². The van der Waals surface area contributed by atoms with E-state index in [0.29, 0.717) is 5.69 Å². The Labute approximate surface area is 155 Å². The van der Waals surface area contributed by atoms with Crippen LogP contribution in [0.4, 0.5) is 10.5 Å². The number of carbonyl (C=O) groups is 2. The Hall–Kier alpha value is -2.09. The zero-order valence-corrected chi connectivity index (χ0v) is 16.7. The van der Waals surface area contributed by atoms with E-state index in [9.17, 15) is 18.0 Å². The number of nitrogens with one attached hydrogen (secondary N) is 2. The minimum Gasteiger partial charge on any atom is -0.344 e. The van der Waals surface area contributed by atoms with Crippen LogP contribution in [0, 0.1) is 0 Å². The Morgan fingerprint density at radius 3 is 2.12 bits per heavy atom.